The summed E-state index contributed by atoms with van der Waals surface area (Å²) in [6.07, 6.45) is 4.13. The zero-order valence-electron chi connectivity index (χ0n) is 16.1. The van der Waals surface area contributed by atoms with Crippen LogP contribution in [0.4, 0.5) is 10.2 Å². The molecule has 2 aromatic rings. The van der Waals surface area contributed by atoms with Crippen LogP contribution in [0.1, 0.15) is 29.5 Å². The Labute approximate surface area is 173 Å². The van der Waals surface area contributed by atoms with Crippen molar-refractivity contribution < 1.29 is 17.6 Å². The quantitative estimate of drug-likeness (QED) is 0.731. The number of aryl methyl sites for hydroxylation is 1. The Hall–Kier alpha value is -2.07. The lowest BCUT2D eigenvalue weighted by atomic mass is 9.98. The number of rotatable bonds is 3. The van der Waals surface area contributed by atoms with Gasteiger partial charge in [-0.3, -0.25) is 9.78 Å². The van der Waals surface area contributed by atoms with Crippen molar-refractivity contribution in [1.29, 1.82) is 0 Å². The zero-order valence-corrected chi connectivity index (χ0v) is 17.8. The fraction of sp³-hybridized carbons (Fsp3) is 0.526. The molecule has 1 unspecified atom stereocenters. The second kappa shape index (κ2) is 7.98. The predicted octanol–water partition coefficient (Wildman–Crippen LogP) is 2.20. The molecule has 1 atom stereocenters. The van der Waals surface area contributed by atoms with E-state index in [2.05, 4.69) is 14.9 Å². The Morgan fingerprint density at radius 2 is 1.93 bits per heavy atom. The van der Waals surface area contributed by atoms with Gasteiger partial charge in [0, 0.05) is 30.4 Å². The average Bonchev–Trinajstić information content (AvgIpc) is 3.14. The van der Waals surface area contributed by atoms with E-state index in [1.165, 1.54) is 6.07 Å². The van der Waals surface area contributed by atoms with Gasteiger partial charge in [0.2, 0.25) is 5.91 Å². The highest BCUT2D eigenvalue weighted by atomic mass is 32.2. The summed E-state index contributed by atoms with van der Waals surface area (Å²) < 4.78 is 37.2. The fourth-order valence-corrected chi connectivity index (χ4v) is 6.25. The number of carbonyl (C=O) groups excluding carboxylic acids is 1. The molecule has 2 saturated heterocycles. The van der Waals surface area contributed by atoms with Crippen molar-refractivity contribution in [3.8, 4) is 0 Å². The summed E-state index contributed by atoms with van der Waals surface area (Å²) in [4.78, 5) is 26.6. The molecule has 2 aromatic heterocycles. The second-order valence-electron chi connectivity index (χ2n) is 7.58. The van der Waals surface area contributed by atoms with Gasteiger partial charge in [0.25, 0.3) is 0 Å². The summed E-state index contributed by atoms with van der Waals surface area (Å²) in [7, 11) is -3.03. The lowest BCUT2D eigenvalue weighted by Crippen LogP contribution is -2.53. The Bertz CT molecular complexity index is 979. The molecule has 0 radical (unpaired) electrons. The second-order valence-corrected chi connectivity index (χ2v) is 10.9. The van der Waals surface area contributed by atoms with Crippen LogP contribution in [-0.2, 0) is 14.6 Å². The monoisotopic (exact) mass is 438 g/mol. The number of hydrogen-bond acceptors (Lipinski definition) is 7. The fourth-order valence-electron chi connectivity index (χ4n) is 3.93. The van der Waals surface area contributed by atoms with Crippen LogP contribution in [0, 0.1) is 18.0 Å². The maximum absolute atomic E-state index is 13.7. The average molecular weight is 439 g/mol. The number of halogens is 1. The summed E-state index contributed by atoms with van der Waals surface area (Å²) in [5.41, 5.74) is 0.826. The number of thiophene rings is 1. The first-order valence-corrected chi connectivity index (χ1v) is 12.3. The molecule has 2 fully saturated rings. The van der Waals surface area contributed by atoms with E-state index < -0.39 is 9.84 Å². The molecule has 156 valence electrons. The number of carbonyl (C=O) groups is 1. The Morgan fingerprint density at radius 3 is 2.55 bits per heavy atom. The number of nitrogens with zero attached hydrogens (tertiary/aromatic N) is 4. The van der Waals surface area contributed by atoms with Gasteiger partial charge in [-0.25, -0.2) is 13.4 Å². The number of anilines is 1. The van der Waals surface area contributed by atoms with Crippen LogP contribution >= 0.6 is 11.3 Å². The molecule has 2 aliphatic heterocycles. The van der Waals surface area contributed by atoms with Crippen molar-refractivity contribution >= 4 is 32.9 Å². The van der Waals surface area contributed by atoms with Crippen molar-refractivity contribution in [3.05, 3.63) is 40.2 Å². The van der Waals surface area contributed by atoms with E-state index in [1.54, 1.807) is 23.4 Å². The van der Waals surface area contributed by atoms with Crippen molar-refractivity contribution in [3.63, 3.8) is 0 Å². The number of hydrogen-bond donors (Lipinski definition) is 0. The highest BCUT2D eigenvalue weighted by molar-refractivity contribution is 7.91. The summed E-state index contributed by atoms with van der Waals surface area (Å²) in [6.45, 7) is 3.43. The molecule has 0 saturated carbocycles. The van der Waals surface area contributed by atoms with Crippen LogP contribution in [0.3, 0.4) is 0 Å². The molecule has 10 heteroatoms. The topological polar surface area (TPSA) is 83.5 Å². The van der Waals surface area contributed by atoms with Crippen LogP contribution in [0.5, 0.6) is 0 Å². The molecular weight excluding hydrogens is 415 g/mol. The van der Waals surface area contributed by atoms with E-state index in [1.807, 2.05) is 6.92 Å². The molecular formula is C19H23FN4O3S2. The summed E-state index contributed by atoms with van der Waals surface area (Å²) >= 11 is 1.04. The van der Waals surface area contributed by atoms with Gasteiger partial charge in [-0.15, -0.1) is 11.3 Å². The molecule has 0 aliphatic carbocycles. The highest BCUT2D eigenvalue weighted by Crippen LogP contribution is 2.34. The molecule has 1 amide bonds. The molecule has 0 aromatic carbocycles. The van der Waals surface area contributed by atoms with Crippen molar-refractivity contribution in [1.82, 2.24) is 14.9 Å². The van der Waals surface area contributed by atoms with E-state index >= 15 is 0 Å². The van der Waals surface area contributed by atoms with Crippen LogP contribution in [0.15, 0.2) is 24.5 Å². The molecule has 0 N–H and O–H groups in total. The van der Waals surface area contributed by atoms with Crippen LogP contribution in [-0.4, -0.2) is 60.3 Å². The zero-order chi connectivity index (χ0) is 20.6. The van der Waals surface area contributed by atoms with Crippen molar-refractivity contribution in [2.24, 2.45) is 5.92 Å². The van der Waals surface area contributed by atoms with Gasteiger partial charge >= 0.3 is 0 Å². The summed E-state index contributed by atoms with van der Waals surface area (Å²) in [6, 6.07) is 2.84. The standard InChI is InChI=1S/C19H23FN4O3S2/c1-13-10-22-18(11-21-13)23-6-7-24(15(12-23)16-2-3-17(20)28-16)19(25)14-4-8-29(26,27)9-5-14/h2-3,10-11,14-15H,4-9,12H2,1H3. The number of amides is 1. The van der Waals surface area contributed by atoms with Crippen molar-refractivity contribution in [2.75, 3.05) is 36.0 Å². The minimum absolute atomic E-state index is 0.0339. The van der Waals surface area contributed by atoms with Crippen LogP contribution < -0.4 is 4.90 Å². The minimum Gasteiger partial charge on any atom is -0.351 e. The summed E-state index contributed by atoms with van der Waals surface area (Å²) in [5.74, 6) is 0.514. The normalized spacial score (nSPS) is 22.6. The van der Waals surface area contributed by atoms with E-state index in [4.69, 9.17) is 0 Å². The smallest absolute Gasteiger partial charge is 0.226 e. The van der Waals surface area contributed by atoms with Gasteiger partial charge in [-0.2, -0.15) is 4.39 Å². The van der Waals surface area contributed by atoms with Gasteiger partial charge < -0.3 is 9.80 Å². The van der Waals surface area contributed by atoms with E-state index in [0.717, 1.165) is 27.7 Å². The van der Waals surface area contributed by atoms with Crippen LogP contribution in [0.25, 0.3) is 0 Å². The first-order valence-electron chi connectivity index (χ1n) is 9.62. The molecule has 2 aliphatic rings. The maximum Gasteiger partial charge on any atom is 0.226 e. The molecule has 7 nitrogen and oxygen atoms in total. The number of aromatic nitrogens is 2. The first kappa shape index (κ1) is 20.2. The SMILES string of the molecule is Cc1cnc(N2CCN(C(=O)C3CCS(=O)(=O)CC3)C(c3ccc(F)s3)C2)cn1. The first-order chi connectivity index (χ1) is 13.8. The molecule has 0 spiro atoms. The lowest BCUT2D eigenvalue weighted by Gasteiger charge is -2.43. The van der Waals surface area contributed by atoms with Gasteiger partial charge in [0.05, 0.1) is 35.6 Å². The maximum atomic E-state index is 13.7. The molecule has 4 rings (SSSR count). The number of piperazine rings is 1. The lowest BCUT2D eigenvalue weighted by molar-refractivity contribution is -0.138. The predicted molar refractivity (Wildman–Crippen MR) is 109 cm³/mol. The van der Waals surface area contributed by atoms with Gasteiger partial charge in [-0.05, 0) is 31.9 Å². The Morgan fingerprint density at radius 1 is 1.17 bits per heavy atom. The third-order valence-electron chi connectivity index (χ3n) is 5.58. The molecule has 4 heterocycles. The number of sulfone groups is 1. The van der Waals surface area contributed by atoms with E-state index in [-0.39, 0.29) is 34.5 Å². The Kier molecular flexibility index (Phi) is 5.56. The highest BCUT2D eigenvalue weighted by Gasteiger charge is 2.38. The molecule has 0 bridgehead atoms. The summed E-state index contributed by atoms with van der Waals surface area (Å²) in [5, 5.41) is -0.289. The van der Waals surface area contributed by atoms with Gasteiger partial charge in [-0.1, -0.05) is 0 Å². The van der Waals surface area contributed by atoms with Gasteiger partial charge in [0.15, 0.2) is 5.13 Å². The third kappa shape index (κ3) is 4.42. The molecule has 29 heavy (non-hydrogen) atoms. The van der Waals surface area contributed by atoms with E-state index in [0.29, 0.717) is 32.5 Å². The van der Waals surface area contributed by atoms with Crippen molar-refractivity contribution in [2.45, 2.75) is 25.8 Å². The van der Waals surface area contributed by atoms with Crippen LogP contribution in [0.2, 0.25) is 0 Å². The minimum atomic E-state index is -3.03. The van der Waals surface area contributed by atoms with E-state index in [9.17, 15) is 17.6 Å². The Balaban J connectivity index is 1.56. The third-order valence-corrected chi connectivity index (χ3v) is 8.27. The van der Waals surface area contributed by atoms with Gasteiger partial charge in [0.1, 0.15) is 15.7 Å². The largest absolute Gasteiger partial charge is 0.351 e.